The van der Waals surface area contributed by atoms with Gasteiger partial charge in [-0.05, 0) is 24.3 Å². The van der Waals surface area contributed by atoms with E-state index in [0.29, 0.717) is 39.0 Å². The number of para-hydroxylation sites is 1. The largest absolute Gasteiger partial charge is 0.502 e. The number of fused-ring (bicyclic) bond motifs is 1. The Kier molecular flexibility index (Phi) is 5.68. The lowest BCUT2D eigenvalue weighted by Crippen LogP contribution is -2.21. The van der Waals surface area contributed by atoms with Crippen molar-refractivity contribution in [3.8, 4) is 22.9 Å². The van der Waals surface area contributed by atoms with Crippen molar-refractivity contribution in [1.82, 2.24) is 9.55 Å². The lowest BCUT2D eigenvalue weighted by Gasteiger charge is -2.15. The summed E-state index contributed by atoms with van der Waals surface area (Å²) < 4.78 is 17.4. The summed E-state index contributed by atoms with van der Waals surface area (Å²) in [5, 5.41) is 10.3. The highest BCUT2D eigenvalue weighted by Crippen LogP contribution is 2.31. The number of methoxy groups -OCH3 is 2. The van der Waals surface area contributed by atoms with Gasteiger partial charge in [0, 0.05) is 12.1 Å². The van der Waals surface area contributed by atoms with Crippen LogP contribution in [0.15, 0.2) is 74.0 Å². The van der Waals surface area contributed by atoms with Crippen LogP contribution in [0.1, 0.15) is 5.76 Å². The third-order valence-corrected chi connectivity index (χ3v) is 5.54. The fraction of sp³-hybridized carbons (Fsp3) is 0.136. The summed E-state index contributed by atoms with van der Waals surface area (Å²) in [6, 6.07) is 13.4. The molecule has 0 unspecified atom stereocenters. The Morgan fingerprint density at radius 1 is 1.06 bits per heavy atom. The minimum absolute atomic E-state index is 0.230. The number of thioether (sulfide) groups is 1. The third kappa shape index (κ3) is 3.99. The van der Waals surface area contributed by atoms with E-state index in [-0.39, 0.29) is 11.3 Å². The normalized spacial score (nSPS) is 10.9. The zero-order chi connectivity index (χ0) is 22.0. The van der Waals surface area contributed by atoms with Gasteiger partial charge in [0.2, 0.25) is 5.43 Å². The number of aromatic hydroxyl groups is 1. The second-order valence-electron chi connectivity index (χ2n) is 6.48. The molecule has 4 rings (SSSR count). The molecule has 0 fully saturated rings. The van der Waals surface area contributed by atoms with Gasteiger partial charge in [0.05, 0.1) is 36.6 Å². The lowest BCUT2D eigenvalue weighted by molar-refractivity contribution is 0.354. The first-order valence-corrected chi connectivity index (χ1v) is 10.2. The van der Waals surface area contributed by atoms with Crippen LogP contribution >= 0.6 is 11.8 Å². The van der Waals surface area contributed by atoms with E-state index in [1.165, 1.54) is 36.6 Å². The molecule has 0 saturated heterocycles. The maximum absolute atomic E-state index is 13.3. The number of rotatable bonds is 6. The maximum Gasteiger partial charge on any atom is 0.266 e. The molecule has 0 bridgehead atoms. The van der Waals surface area contributed by atoms with Crippen LogP contribution in [-0.2, 0) is 5.75 Å². The van der Waals surface area contributed by atoms with Crippen LogP contribution < -0.4 is 20.5 Å². The van der Waals surface area contributed by atoms with Crippen molar-refractivity contribution in [2.24, 2.45) is 0 Å². The van der Waals surface area contributed by atoms with E-state index in [9.17, 15) is 14.7 Å². The molecule has 0 radical (unpaired) electrons. The van der Waals surface area contributed by atoms with Crippen LogP contribution in [0.3, 0.4) is 0 Å². The molecule has 9 heteroatoms. The number of hydrogen-bond acceptors (Lipinski definition) is 8. The molecule has 0 amide bonds. The van der Waals surface area contributed by atoms with Gasteiger partial charge in [-0.3, -0.25) is 14.2 Å². The van der Waals surface area contributed by atoms with Gasteiger partial charge in [-0.2, -0.15) is 0 Å². The van der Waals surface area contributed by atoms with E-state index in [0.717, 1.165) is 6.26 Å². The maximum atomic E-state index is 13.3. The van der Waals surface area contributed by atoms with Gasteiger partial charge >= 0.3 is 0 Å². The molecule has 31 heavy (non-hydrogen) atoms. The third-order valence-electron chi connectivity index (χ3n) is 4.58. The Balaban J connectivity index is 1.84. The molecule has 0 atom stereocenters. The molecular formula is C22H18N2O6S. The van der Waals surface area contributed by atoms with E-state index in [1.54, 1.807) is 36.4 Å². The molecule has 158 valence electrons. The van der Waals surface area contributed by atoms with Crippen molar-refractivity contribution in [3.05, 3.63) is 81.1 Å². The SMILES string of the molecule is COc1ccc(-n2c(SCc3cc(=O)c(O)co3)nc3ccccc3c2=O)cc1OC. The van der Waals surface area contributed by atoms with E-state index in [4.69, 9.17) is 13.9 Å². The van der Waals surface area contributed by atoms with Gasteiger partial charge in [-0.25, -0.2) is 4.98 Å². The van der Waals surface area contributed by atoms with Gasteiger partial charge in [0.1, 0.15) is 12.0 Å². The monoisotopic (exact) mass is 438 g/mol. The molecule has 0 spiro atoms. The summed E-state index contributed by atoms with van der Waals surface area (Å²) >= 11 is 1.23. The van der Waals surface area contributed by atoms with Crippen molar-refractivity contribution >= 4 is 22.7 Å². The van der Waals surface area contributed by atoms with Crippen LogP contribution in [0.25, 0.3) is 16.6 Å². The zero-order valence-corrected chi connectivity index (χ0v) is 17.5. The molecule has 0 saturated carbocycles. The smallest absolute Gasteiger partial charge is 0.266 e. The second kappa shape index (κ2) is 8.57. The van der Waals surface area contributed by atoms with E-state index < -0.39 is 11.2 Å². The molecule has 8 nitrogen and oxygen atoms in total. The van der Waals surface area contributed by atoms with E-state index in [1.807, 2.05) is 6.07 Å². The number of benzene rings is 2. The first-order chi connectivity index (χ1) is 15.0. The standard InChI is InChI=1S/C22H18N2O6S/c1-28-19-8-7-13(9-20(19)29-2)24-21(27)15-5-3-4-6-16(15)23-22(24)31-12-14-10-17(25)18(26)11-30-14/h3-11,26H,12H2,1-2H3. The molecular weight excluding hydrogens is 420 g/mol. The van der Waals surface area contributed by atoms with E-state index in [2.05, 4.69) is 4.98 Å². The summed E-state index contributed by atoms with van der Waals surface area (Å²) in [5.74, 6) is 1.12. The minimum Gasteiger partial charge on any atom is -0.502 e. The Morgan fingerprint density at radius 2 is 1.84 bits per heavy atom. The molecule has 4 aromatic rings. The summed E-state index contributed by atoms with van der Waals surface area (Å²) in [4.78, 5) is 29.7. The molecule has 0 aliphatic heterocycles. The molecule has 2 aromatic heterocycles. The topological polar surface area (TPSA) is 104 Å². The van der Waals surface area contributed by atoms with Crippen molar-refractivity contribution in [3.63, 3.8) is 0 Å². The highest BCUT2D eigenvalue weighted by atomic mass is 32.2. The van der Waals surface area contributed by atoms with Crippen LogP contribution in [-0.4, -0.2) is 28.9 Å². The predicted octanol–water partition coefficient (Wildman–Crippen LogP) is 3.35. The molecule has 0 aliphatic carbocycles. The van der Waals surface area contributed by atoms with Crippen molar-refractivity contribution in [1.29, 1.82) is 0 Å². The molecule has 2 heterocycles. The number of hydrogen-bond donors (Lipinski definition) is 1. The second-order valence-corrected chi connectivity index (χ2v) is 7.42. The first-order valence-electron chi connectivity index (χ1n) is 9.19. The average molecular weight is 438 g/mol. The Morgan fingerprint density at radius 3 is 2.58 bits per heavy atom. The Hall–Kier alpha value is -3.72. The van der Waals surface area contributed by atoms with Gasteiger partial charge in [-0.1, -0.05) is 23.9 Å². The number of nitrogens with zero attached hydrogens (tertiary/aromatic N) is 2. The van der Waals surface area contributed by atoms with E-state index >= 15 is 0 Å². The summed E-state index contributed by atoms with van der Waals surface area (Å²) in [5.41, 5.74) is 0.326. The summed E-state index contributed by atoms with van der Waals surface area (Å²) in [6.07, 6.45) is 0.994. The van der Waals surface area contributed by atoms with Gasteiger partial charge < -0.3 is 19.0 Å². The summed E-state index contributed by atoms with van der Waals surface area (Å²) in [6.45, 7) is 0. The van der Waals surface area contributed by atoms with Crippen molar-refractivity contribution < 1.29 is 19.0 Å². The van der Waals surface area contributed by atoms with Gasteiger partial charge in [0.25, 0.3) is 5.56 Å². The van der Waals surface area contributed by atoms with Gasteiger partial charge in [0.15, 0.2) is 22.4 Å². The van der Waals surface area contributed by atoms with Crippen molar-refractivity contribution in [2.75, 3.05) is 14.2 Å². The minimum atomic E-state index is -0.536. The van der Waals surface area contributed by atoms with Crippen LogP contribution in [0.4, 0.5) is 0 Å². The molecule has 0 aliphatic rings. The zero-order valence-electron chi connectivity index (χ0n) is 16.7. The van der Waals surface area contributed by atoms with Gasteiger partial charge in [-0.15, -0.1) is 0 Å². The molecule has 2 aromatic carbocycles. The van der Waals surface area contributed by atoms with Crippen LogP contribution in [0.2, 0.25) is 0 Å². The number of ether oxygens (including phenoxy) is 2. The average Bonchev–Trinajstić information content (AvgIpc) is 2.79. The fourth-order valence-electron chi connectivity index (χ4n) is 3.06. The summed E-state index contributed by atoms with van der Waals surface area (Å²) in [7, 11) is 3.06. The van der Waals surface area contributed by atoms with Crippen LogP contribution in [0, 0.1) is 0 Å². The van der Waals surface area contributed by atoms with Crippen molar-refractivity contribution in [2.45, 2.75) is 10.9 Å². The fourth-order valence-corrected chi connectivity index (χ4v) is 3.96. The number of aromatic nitrogens is 2. The highest BCUT2D eigenvalue weighted by Gasteiger charge is 2.16. The predicted molar refractivity (Wildman–Crippen MR) is 117 cm³/mol. The quantitative estimate of drug-likeness (QED) is 0.361. The Bertz CT molecular complexity index is 1380. The molecule has 1 N–H and O–H groups in total. The van der Waals surface area contributed by atoms with Crippen LogP contribution in [0.5, 0.6) is 17.2 Å². The Labute approximate surface area is 180 Å². The lowest BCUT2D eigenvalue weighted by atomic mass is 10.2. The first kappa shape index (κ1) is 20.5. The highest BCUT2D eigenvalue weighted by molar-refractivity contribution is 7.98.